The number of carbonyl (C=O) groups is 2. The van der Waals surface area contributed by atoms with Crippen LogP contribution in [0.15, 0.2) is 72.4 Å². The summed E-state index contributed by atoms with van der Waals surface area (Å²) in [5.41, 5.74) is 4.35. The van der Waals surface area contributed by atoms with Crippen LogP contribution in [-0.2, 0) is 9.59 Å². The number of imide groups is 1. The zero-order valence-corrected chi connectivity index (χ0v) is 18.2. The second-order valence-electron chi connectivity index (χ2n) is 7.32. The number of hydrogen-bond acceptors (Lipinski definition) is 4. The van der Waals surface area contributed by atoms with Gasteiger partial charge in [0.1, 0.15) is 11.4 Å². The topological polar surface area (TPSA) is 58.6 Å². The lowest BCUT2D eigenvalue weighted by Gasteiger charge is -2.15. The Morgan fingerprint density at radius 1 is 0.903 bits per heavy atom. The summed E-state index contributed by atoms with van der Waals surface area (Å²) in [5.74, 6) is -0.265. The normalized spacial score (nSPS) is 13.7. The summed E-state index contributed by atoms with van der Waals surface area (Å²) in [5, 5.41) is 3.53. The molecular weight excluding hydrogens is 412 g/mol. The Hall–Kier alpha value is -3.57. The van der Waals surface area contributed by atoms with Gasteiger partial charge < -0.3 is 10.1 Å². The number of halogens is 1. The Kier molecular flexibility index (Phi) is 5.53. The number of methoxy groups -OCH3 is 1. The fourth-order valence-electron chi connectivity index (χ4n) is 3.69. The van der Waals surface area contributed by atoms with Gasteiger partial charge in [-0.3, -0.25) is 9.59 Å². The van der Waals surface area contributed by atoms with Gasteiger partial charge >= 0.3 is 0 Å². The van der Waals surface area contributed by atoms with Gasteiger partial charge in [-0.25, -0.2) is 4.90 Å². The first-order chi connectivity index (χ1) is 14.9. The molecule has 0 saturated carbocycles. The Morgan fingerprint density at radius 3 is 2.29 bits per heavy atom. The number of amides is 2. The summed E-state index contributed by atoms with van der Waals surface area (Å²) >= 11 is 6.26. The third-order valence-electron chi connectivity index (χ3n) is 5.17. The Labute approximate surface area is 185 Å². The second-order valence-corrected chi connectivity index (χ2v) is 7.73. The van der Waals surface area contributed by atoms with E-state index in [9.17, 15) is 9.59 Å². The number of anilines is 2. The molecule has 3 aromatic rings. The first kappa shape index (κ1) is 20.7. The highest BCUT2D eigenvalue weighted by Crippen LogP contribution is 2.36. The van der Waals surface area contributed by atoms with E-state index in [2.05, 4.69) is 5.32 Å². The standard InChI is InChI=1S/C25H21ClN2O3/c1-15-9-11-19(16(2)13-15)22-23(27-17-10-12-21(31-3)20(26)14-17)25(30)28(24(22)29)18-7-5-4-6-8-18/h4-14,27H,1-3H3. The van der Waals surface area contributed by atoms with Gasteiger partial charge in [0.2, 0.25) is 0 Å². The minimum absolute atomic E-state index is 0.210. The molecule has 4 rings (SSSR count). The molecular formula is C25H21ClN2O3. The minimum Gasteiger partial charge on any atom is -0.495 e. The van der Waals surface area contributed by atoms with Crippen molar-refractivity contribution in [2.24, 2.45) is 0 Å². The van der Waals surface area contributed by atoms with E-state index >= 15 is 0 Å². The molecule has 0 bridgehead atoms. The lowest BCUT2D eigenvalue weighted by atomic mass is 9.97. The predicted molar refractivity (Wildman–Crippen MR) is 123 cm³/mol. The maximum absolute atomic E-state index is 13.5. The van der Waals surface area contributed by atoms with E-state index in [1.54, 1.807) is 42.5 Å². The molecule has 1 heterocycles. The number of nitrogens with zero attached hydrogens (tertiary/aromatic N) is 1. The summed E-state index contributed by atoms with van der Waals surface area (Å²) in [7, 11) is 1.53. The van der Waals surface area contributed by atoms with Gasteiger partial charge in [0, 0.05) is 5.69 Å². The van der Waals surface area contributed by atoms with Gasteiger partial charge in [-0.2, -0.15) is 0 Å². The van der Waals surface area contributed by atoms with E-state index < -0.39 is 5.91 Å². The fourth-order valence-corrected chi connectivity index (χ4v) is 3.95. The number of benzene rings is 3. The minimum atomic E-state index is -0.418. The Morgan fingerprint density at radius 2 is 1.65 bits per heavy atom. The van der Waals surface area contributed by atoms with Crippen LogP contribution in [0.25, 0.3) is 5.57 Å². The molecule has 1 N–H and O–H groups in total. The van der Waals surface area contributed by atoms with Gasteiger partial charge in [-0.1, -0.05) is 53.6 Å². The molecule has 3 aromatic carbocycles. The third kappa shape index (κ3) is 3.80. The smallest absolute Gasteiger partial charge is 0.282 e. The molecule has 0 unspecified atom stereocenters. The van der Waals surface area contributed by atoms with Crippen LogP contribution >= 0.6 is 11.6 Å². The third-order valence-corrected chi connectivity index (χ3v) is 5.47. The SMILES string of the molecule is COc1ccc(NC2=C(c3ccc(C)cc3C)C(=O)N(c3ccccc3)C2=O)cc1Cl. The van der Waals surface area contributed by atoms with Crippen molar-refractivity contribution in [3.05, 3.63) is 94.1 Å². The maximum Gasteiger partial charge on any atom is 0.282 e. The van der Waals surface area contributed by atoms with E-state index in [1.165, 1.54) is 12.0 Å². The molecule has 0 fully saturated rings. The van der Waals surface area contributed by atoms with Crippen LogP contribution in [0, 0.1) is 13.8 Å². The summed E-state index contributed by atoms with van der Waals surface area (Å²) in [6.07, 6.45) is 0. The zero-order chi connectivity index (χ0) is 22.1. The van der Waals surface area contributed by atoms with Crippen molar-refractivity contribution in [1.82, 2.24) is 0 Å². The number of ether oxygens (including phenoxy) is 1. The summed E-state index contributed by atoms with van der Waals surface area (Å²) in [6.45, 7) is 3.92. The first-order valence-electron chi connectivity index (χ1n) is 9.77. The van der Waals surface area contributed by atoms with Crippen LogP contribution in [0.1, 0.15) is 16.7 Å². The van der Waals surface area contributed by atoms with Gasteiger partial charge in [0.25, 0.3) is 11.8 Å². The molecule has 156 valence electrons. The molecule has 0 radical (unpaired) electrons. The van der Waals surface area contributed by atoms with Gasteiger partial charge in [-0.05, 0) is 55.3 Å². The summed E-state index contributed by atoms with van der Waals surface area (Å²) in [6, 6.07) is 19.8. The van der Waals surface area contributed by atoms with E-state index in [0.717, 1.165) is 11.1 Å². The van der Waals surface area contributed by atoms with Gasteiger partial charge in [0.15, 0.2) is 0 Å². The van der Waals surface area contributed by atoms with Crippen LogP contribution in [0.3, 0.4) is 0 Å². The second kappa shape index (κ2) is 8.28. The van der Waals surface area contributed by atoms with Crippen LogP contribution in [-0.4, -0.2) is 18.9 Å². The van der Waals surface area contributed by atoms with Crippen LogP contribution in [0.4, 0.5) is 11.4 Å². The number of para-hydroxylation sites is 1. The lowest BCUT2D eigenvalue weighted by Crippen LogP contribution is -2.32. The fraction of sp³-hybridized carbons (Fsp3) is 0.120. The molecule has 2 amide bonds. The van der Waals surface area contributed by atoms with Gasteiger partial charge in [-0.15, -0.1) is 0 Å². The van der Waals surface area contributed by atoms with Crippen molar-refractivity contribution < 1.29 is 14.3 Å². The molecule has 5 nitrogen and oxygen atoms in total. The lowest BCUT2D eigenvalue weighted by molar-refractivity contribution is -0.120. The number of aryl methyl sites for hydroxylation is 2. The Balaban J connectivity index is 1.84. The van der Waals surface area contributed by atoms with Crippen molar-refractivity contribution >= 4 is 40.4 Å². The quantitative estimate of drug-likeness (QED) is 0.551. The average Bonchev–Trinajstić information content (AvgIpc) is 2.98. The molecule has 31 heavy (non-hydrogen) atoms. The molecule has 0 saturated heterocycles. The molecule has 0 atom stereocenters. The number of rotatable bonds is 5. The molecule has 0 aromatic heterocycles. The molecule has 0 aliphatic carbocycles. The molecule has 1 aliphatic heterocycles. The number of hydrogen-bond donors (Lipinski definition) is 1. The largest absolute Gasteiger partial charge is 0.495 e. The molecule has 1 aliphatic rings. The van der Waals surface area contributed by atoms with Crippen LogP contribution < -0.4 is 15.0 Å². The van der Waals surface area contributed by atoms with Crippen molar-refractivity contribution in [2.75, 3.05) is 17.3 Å². The highest BCUT2D eigenvalue weighted by Gasteiger charge is 2.40. The van der Waals surface area contributed by atoms with Crippen LogP contribution in [0.2, 0.25) is 5.02 Å². The van der Waals surface area contributed by atoms with Gasteiger partial charge in [0.05, 0.1) is 23.4 Å². The van der Waals surface area contributed by atoms with Crippen LogP contribution in [0.5, 0.6) is 5.75 Å². The molecule has 6 heteroatoms. The molecule has 0 spiro atoms. The van der Waals surface area contributed by atoms with Crippen molar-refractivity contribution in [3.8, 4) is 5.75 Å². The van der Waals surface area contributed by atoms with E-state index in [1.807, 2.05) is 38.1 Å². The summed E-state index contributed by atoms with van der Waals surface area (Å²) in [4.78, 5) is 28.1. The Bertz CT molecular complexity index is 1220. The highest BCUT2D eigenvalue weighted by molar-refractivity contribution is 6.46. The number of nitrogens with one attached hydrogen (secondary N) is 1. The maximum atomic E-state index is 13.5. The van der Waals surface area contributed by atoms with E-state index in [0.29, 0.717) is 33.3 Å². The first-order valence-corrected chi connectivity index (χ1v) is 10.1. The van der Waals surface area contributed by atoms with Crippen molar-refractivity contribution in [2.45, 2.75) is 13.8 Å². The van der Waals surface area contributed by atoms with Crippen molar-refractivity contribution in [1.29, 1.82) is 0 Å². The zero-order valence-electron chi connectivity index (χ0n) is 17.4. The van der Waals surface area contributed by atoms with Crippen molar-refractivity contribution in [3.63, 3.8) is 0 Å². The highest BCUT2D eigenvalue weighted by atomic mass is 35.5. The van der Waals surface area contributed by atoms with E-state index in [-0.39, 0.29) is 11.6 Å². The summed E-state index contributed by atoms with van der Waals surface area (Å²) < 4.78 is 5.20. The number of carbonyl (C=O) groups excluding carboxylic acids is 2. The monoisotopic (exact) mass is 432 g/mol. The average molecular weight is 433 g/mol. The predicted octanol–water partition coefficient (Wildman–Crippen LogP) is 5.36. The van der Waals surface area contributed by atoms with E-state index in [4.69, 9.17) is 16.3 Å².